The van der Waals surface area contributed by atoms with Gasteiger partial charge in [0.15, 0.2) is 0 Å². The number of phenols is 1. The maximum absolute atomic E-state index is 13.2. The fraction of sp³-hybridized carbons (Fsp3) is 0.130. The number of carbonyl (C=O) groups excluding carboxylic acids is 1. The molecule has 0 unspecified atom stereocenters. The summed E-state index contributed by atoms with van der Waals surface area (Å²) in [5.74, 6) is -0.520. The van der Waals surface area contributed by atoms with Gasteiger partial charge in [0, 0.05) is 11.6 Å². The van der Waals surface area contributed by atoms with Gasteiger partial charge in [0.25, 0.3) is 5.91 Å². The minimum atomic E-state index is -3.94. The number of hydrogen-bond acceptors (Lipinski definition) is 5. The number of hydrazone groups is 1. The molecule has 0 saturated heterocycles. The second-order valence-corrected chi connectivity index (χ2v) is 9.29. The van der Waals surface area contributed by atoms with Gasteiger partial charge >= 0.3 is 0 Å². The highest BCUT2D eigenvalue weighted by Crippen LogP contribution is 2.19. The van der Waals surface area contributed by atoms with Crippen molar-refractivity contribution < 1.29 is 18.3 Å². The lowest BCUT2D eigenvalue weighted by Crippen LogP contribution is -2.40. The molecule has 32 heavy (non-hydrogen) atoms. The number of benzene rings is 3. The van der Waals surface area contributed by atoms with Crippen molar-refractivity contribution in [1.82, 2.24) is 9.73 Å². The second-order valence-electron chi connectivity index (χ2n) is 6.92. The third-order valence-electron chi connectivity index (χ3n) is 4.54. The average molecular weight is 472 g/mol. The zero-order valence-corrected chi connectivity index (χ0v) is 18.6. The molecule has 0 heterocycles. The first kappa shape index (κ1) is 23.5. The Labute approximate surface area is 192 Å². The molecule has 0 atom stereocenters. The van der Waals surface area contributed by atoms with Crippen LogP contribution in [0, 0.1) is 0 Å². The molecular formula is C23H22ClN3O4S. The predicted octanol–water partition coefficient (Wildman–Crippen LogP) is 3.43. The molecule has 0 bridgehead atoms. The van der Waals surface area contributed by atoms with E-state index in [-0.39, 0.29) is 17.2 Å². The maximum atomic E-state index is 13.2. The van der Waals surface area contributed by atoms with Gasteiger partial charge in [0.1, 0.15) is 5.75 Å². The number of halogens is 1. The normalized spacial score (nSPS) is 11.7. The van der Waals surface area contributed by atoms with Gasteiger partial charge in [-0.05, 0) is 53.9 Å². The van der Waals surface area contributed by atoms with E-state index >= 15 is 0 Å². The van der Waals surface area contributed by atoms with Crippen LogP contribution in [0.15, 0.2) is 88.9 Å². The summed E-state index contributed by atoms with van der Waals surface area (Å²) in [6.45, 7) is -0.298. The Morgan fingerprint density at radius 2 is 1.75 bits per heavy atom. The van der Waals surface area contributed by atoms with Crippen LogP contribution >= 0.6 is 11.6 Å². The number of nitrogens with zero attached hydrogens (tertiary/aromatic N) is 2. The zero-order chi connectivity index (χ0) is 23.0. The van der Waals surface area contributed by atoms with E-state index in [1.807, 2.05) is 30.3 Å². The van der Waals surface area contributed by atoms with Crippen LogP contribution < -0.4 is 5.43 Å². The Morgan fingerprint density at radius 3 is 2.44 bits per heavy atom. The second kappa shape index (κ2) is 10.9. The van der Waals surface area contributed by atoms with Gasteiger partial charge in [0.05, 0.1) is 17.7 Å². The quantitative estimate of drug-likeness (QED) is 0.369. The monoisotopic (exact) mass is 471 g/mol. The lowest BCUT2D eigenvalue weighted by atomic mass is 10.1. The van der Waals surface area contributed by atoms with Crippen molar-refractivity contribution in [2.24, 2.45) is 5.10 Å². The topological polar surface area (TPSA) is 99.1 Å². The van der Waals surface area contributed by atoms with E-state index in [9.17, 15) is 18.3 Å². The standard InChI is InChI=1S/C23H22ClN3O4S/c24-20-9-11-22(12-10-20)32(30,31)27(14-13-18-5-2-1-3-6-18)17-23(29)26-25-16-19-7-4-8-21(28)15-19/h1-12,15-16,28H,13-14,17H2,(H,26,29)/b25-16+. The van der Waals surface area contributed by atoms with E-state index in [2.05, 4.69) is 10.5 Å². The number of phenolic OH excluding ortho intramolecular Hbond substituents is 1. The summed E-state index contributed by atoms with van der Waals surface area (Å²) >= 11 is 5.88. The van der Waals surface area contributed by atoms with Crippen LogP contribution in [-0.2, 0) is 21.2 Å². The van der Waals surface area contributed by atoms with Gasteiger partial charge in [-0.3, -0.25) is 4.79 Å². The SMILES string of the molecule is O=C(CN(CCc1ccccc1)S(=O)(=O)c1ccc(Cl)cc1)N/N=C/c1cccc(O)c1. The summed E-state index contributed by atoms with van der Waals surface area (Å²) in [5, 5.41) is 13.7. The molecule has 3 aromatic rings. The molecule has 9 heteroatoms. The largest absolute Gasteiger partial charge is 0.508 e. The molecule has 0 radical (unpaired) electrons. The highest BCUT2D eigenvalue weighted by atomic mass is 35.5. The Balaban J connectivity index is 1.73. The molecule has 3 rings (SSSR count). The van der Waals surface area contributed by atoms with Crippen LogP contribution in [0.1, 0.15) is 11.1 Å². The molecular weight excluding hydrogens is 450 g/mol. The lowest BCUT2D eigenvalue weighted by Gasteiger charge is -2.21. The molecule has 166 valence electrons. The van der Waals surface area contributed by atoms with Crippen LogP contribution in [0.2, 0.25) is 5.02 Å². The van der Waals surface area contributed by atoms with Gasteiger partial charge < -0.3 is 5.11 Å². The Bertz CT molecular complexity index is 1180. The number of carbonyl (C=O) groups is 1. The highest BCUT2D eigenvalue weighted by molar-refractivity contribution is 7.89. The third-order valence-corrected chi connectivity index (χ3v) is 6.65. The molecule has 0 fully saturated rings. The minimum absolute atomic E-state index is 0.0472. The van der Waals surface area contributed by atoms with E-state index in [4.69, 9.17) is 11.6 Å². The first-order valence-electron chi connectivity index (χ1n) is 9.75. The summed E-state index contributed by atoms with van der Waals surface area (Å²) in [6.07, 6.45) is 1.80. The molecule has 1 amide bonds. The number of sulfonamides is 1. The molecule has 3 aromatic carbocycles. The number of rotatable bonds is 9. The number of amides is 1. The maximum Gasteiger partial charge on any atom is 0.255 e. The van der Waals surface area contributed by atoms with Crippen molar-refractivity contribution in [3.63, 3.8) is 0 Å². The Hall–Kier alpha value is -3.20. The number of hydrogen-bond donors (Lipinski definition) is 2. The molecule has 0 saturated carbocycles. The number of aromatic hydroxyl groups is 1. The third kappa shape index (κ3) is 6.65. The average Bonchev–Trinajstić information content (AvgIpc) is 2.77. The molecule has 0 aliphatic heterocycles. The molecule has 7 nitrogen and oxygen atoms in total. The first-order chi connectivity index (χ1) is 15.3. The van der Waals surface area contributed by atoms with Crippen molar-refractivity contribution in [2.45, 2.75) is 11.3 Å². The van der Waals surface area contributed by atoms with Crippen molar-refractivity contribution in [3.05, 3.63) is 95.0 Å². The van der Waals surface area contributed by atoms with E-state index in [1.165, 1.54) is 42.6 Å². The molecule has 2 N–H and O–H groups in total. The highest BCUT2D eigenvalue weighted by Gasteiger charge is 2.26. The predicted molar refractivity (Wildman–Crippen MR) is 124 cm³/mol. The molecule has 0 aliphatic carbocycles. The van der Waals surface area contributed by atoms with E-state index in [0.717, 1.165) is 9.87 Å². The fourth-order valence-corrected chi connectivity index (χ4v) is 4.44. The van der Waals surface area contributed by atoms with E-state index in [0.29, 0.717) is 17.0 Å². The van der Waals surface area contributed by atoms with Gasteiger partial charge in [-0.1, -0.05) is 54.1 Å². The first-order valence-corrected chi connectivity index (χ1v) is 11.6. The lowest BCUT2D eigenvalue weighted by molar-refractivity contribution is -0.121. The van der Waals surface area contributed by atoms with Crippen LogP contribution in [0.3, 0.4) is 0 Å². The summed E-state index contributed by atoms with van der Waals surface area (Å²) in [6, 6.07) is 21.5. The Morgan fingerprint density at radius 1 is 1.03 bits per heavy atom. The summed E-state index contributed by atoms with van der Waals surface area (Å²) in [7, 11) is -3.94. The van der Waals surface area contributed by atoms with Gasteiger partial charge in [-0.2, -0.15) is 9.41 Å². The van der Waals surface area contributed by atoms with Gasteiger partial charge in [-0.25, -0.2) is 13.8 Å². The molecule has 0 spiro atoms. The molecule has 0 aliphatic rings. The van der Waals surface area contributed by atoms with E-state index in [1.54, 1.807) is 12.1 Å². The Kier molecular flexibility index (Phi) is 7.99. The smallest absolute Gasteiger partial charge is 0.255 e. The summed E-state index contributed by atoms with van der Waals surface area (Å²) in [4.78, 5) is 12.5. The van der Waals surface area contributed by atoms with Crippen LogP contribution in [-0.4, -0.2) is 43.0 Å². The number of nitrogens with one attached hydrogen (secondary N) is 1. The van der Waals surface area contributed by atoms with Gasteiger partial charge in [-0.15, -0.1) is 0 Å². The minimum Gasteiger partial charge on any atom is -0.508 e. The van der Waals surface area contributed by atoms with Crippen molar-refractivity contribution >= 4 is 33.7 Å². The van der Waals surface area contributed by atoms with Crippen LogP contribution in [0.25, 0.3) is 0 Å². The van der Waals surface area contributed by atoms with Crippen molar-refractivity contribution in [1.29, 1.82) is 0 Å². The van der Waals surface area contributed by atoms with E-state index < -0.39 is 22.5 Å². The van der Waals surface area contributed by atoms with Crippen LogP contribution in [0.4, 0.5) is 0 Å². The zero-order valence-electron chi connectivity index (χ0n) is 17.1. The van der Waals surface area contributed by atoms with Gasteiger partial charge in [0.2, 0.25) is 10.0 Å². The molecule has 0 aromatic heterocycles. The van der Waals surface area contributed by atoms with Crippen molar-refractivity contribution in [2.75, 3.05) is 13.1 Å². The fourth-order valence-electron chi connectivity index (χ4n) is 2.92. The summed E-state index contributed by atoms with van der Waals surface area (Å²) < 4.78 is 27.5. The summed E-state index contributed by atoms with van der Waals surface area (Å²) in [5.41, 5.74) is 3.87. The van der Waals surface area contributed by atoms with Crippen molar-refractivity contribution in [3.8, 4) is 5.75 Å². The van der Waals surface area contributed by atoms with Crippen LogP contribution in [0.5, 0.6) is 5.75 Å².